The average Bonchev–Trinajstić information content (AvgIpc) is 3.63. The lowest BCUT2D eigenvalue weighted by Gasteiger charge is -2.37. The summed E-state index contributed by atoms with van der Waals surface area (Å²) in [4.78, 5) is 40.3. The molecular weight excluding hydrogens is 450 g/mol. The lowest BCUT2D eigenvalue weighted by Crippen LogP contribution is -2.45. The van der Waals surface area contributed by atoms with Gasteiger partial charge < -0.3 is 19.9 Å². The van der Waals surface area contributed by atoms with Gasteiger partial charge in [0.15, 0.2) is 0 Å². The lowest BCUT2D eigenvalue weighted by atomic mass is 9.77. The van der Waals surface area contributed by atoms with Gasteiger partial charge in [-0.2, -0.15) is 0 Å². The number of nitrogens with one attached hydrogen (secondary N) is 2. The number of fused-ring (bicyclic) bond motifs is 2. The number of ether oxygens (including phenoxy) is 2. The lowest BCUT2D eigenvalue weighted by molar-refractivity contribution is -0.125. The number of rotatable bonds is 5. The molecule has 2 aliphatic carbocycles. The van der Waals surface area contributed by atoms with Crippen molar-refractivity contribution >= 4 is 5.91 Å². The molecule has 9 heteroatoms. The number of aliphatic hydroxyl groups excluding tert-OH is 1. The molecule has 35 heavy (non-hydrogen) atoms. The Balaban J connectivity index is 1.17. The second-order valence-electron chi connectivity index (χ2n) is 9.65. The van der Waals surface area contributed by atoms with Crippen molar-refractivity contribution in [3.63, 3.8) is 0 Å². The molecule has 0 bridgehead atoms. The Kier molecular flexibility index (Phi) is 5.46. The molecule has 3 heterocycles. The number of aromatic amines is 1. The minimum Gasteiger partial charge on any atom is -0.485 e. The zero-order valence-corrected chi connectivity index (χ0v) is 19.0. The minimum absolute atomic E-state index is 0.0978. The average molecular weight is 478 g/mol. The van der Waals surface area contributed by atoms with Crippen molar-refractivity contribution in [3.05, 3.63) is 86.7 Å². The summed E-state index contributed by atoms with van der Waals surface area (Å²) in [5.74, 6) is 0.102. The summed E-state index contributed by atoms with van der Waals surface area (Å²) < 4.78 is 13.4. The SMILES string of the molecule is O=C(NC[C@H]1O[C@@H](n2cc(C3CC3)c(=O)[nH]c2=O)C[C@@H]1O)C1c2ccccc2OC2C=CC=CC21. The van der Waals surface area contributed by atoms with Gasteiger partial charge in [-0.15, -0.1) is 0 Å². The number of hydrogen-bond acceptors (Lipinski definition) is 6. The number of aliphatic hydroxyl groups is 1. The van der Waals surface area contributed by atoms with Gasteiger partial charge in [-0.25, -0.2) is 4.79 Å². The second kappa shape index (κ2) is 8.66. The monoisotopic (exact) mass is 477 g/mol. The number of carbonyl (C=O) groups excluding carboxylic acids is 1. The molecule has 1 saturated heterocycles. The zero-order chi connectivity index (χ0) is 24.1. The topological polar surface area (TPSA) is 123 Å². The van der Waals surface area contributed by atoms with Crippen LogP contribution in [-0.4, -0.2) is 45.4 Å². The fraction of sp³-hybridized carbons (Fsp3) is 0.423. The molecule has 1 aromatic heterocycles. The van der Waals surface area contributed by atoms with Crippen molar-refractivity contribution < 1.29 is 19.4 Å². The Morgan fingerprint density at radius 2 is 1.94 bits per heavy atom. The van der Waals surface area contributed by atoms with Crippen LogP contribution < -0.4 is 21.3 Å². The van der Waals surface area contributed by atoms with Crippen LogP contribution in [-0.2, 0) is 9.53 Å². The zero-order valence-electron chi connectivity index (χ0n) is 19.0. The third-order valence-electron chi connectivity index (χ3n) is 7.31. The second-order valence-corrected chi connectivity index (χ2v) is 9.65. The predicted octanol–water partition coefficient (Wildman–Crippen LogP) is 1.47. The molecule has 3 N–H and O–H groups in total. The first-order valence-corrected chi connectivity index (χ1v) is 12.1. The van der Waals surface area contributed by atoms with E-state index in [1.165, 1.54) is 4.57 Å². The molecule has 9 nitrogen and oxygen atoms in total. The first-order valence-electron chi connectivity index (χ1n) is 12.1. The van der Waals surface area contributed by atoms with Gasteiger partial charge in [0.1, 0.15) is 24.2 Å². The summed E-state index contributed by atoms with van der Waals surface area (Å²) in [6.45, 7) is 0.0978. The minimum atomic E-state index is -0.865. The number of benzene rings is 1. The van der Waals surface area contributed by atoms with E-state index in [2.05, 4.69) is 10.3 Å². The molecule has 6 atom stereocenters. The molecule has 1 saturated carbocycles. The standard InChI is InChI=1S/C26H27N3O6/c30-18-11-22(29-13-17(14-9-10-14)24(31)28-26(29)33)35-21(18)12-27-25(32)23-15-5-1-3-7-19(15)34-20-8-4-2-6-16(20)23/h1-8,13-15,18-19,21-23,30H,9-12H2,(H,27,32)(H,28,31,33)/t15?,18-,19?,21+,22+,23?/m0/s1. The highest BCUT2D eigenvalue weighted by atomic mass is 16.5. The predicted molar refractivity (Wildman–Crippen MR) is 126 cm³/mol. The van der Waals surface area contributed by atoms with Crippen LogP contribution in [0.15, 0.2) is 64.4 Å². The Morgan fingerprint density at radius 1 is 1.14 bits per heavy atom. The van der Waals surface area contributed by atoms with Crippen LogP contribution in [0.3, 0.4) is 0 Å². The maximum atomic E-state index is 13.4. The van der Waals surface area contributed by atoms with Gasteiger partial charge >= 0.3 is 5.69 Å². The first-order chi connectivity index (χ1) is 17.0. The summed E-state index contributed by atoms with van der Waals surface area (Å²) in [6, 6.07) is 7.54. The molecule has 2 fully saturated rings. The Labute approximate surface area is 201 Å². The Bertz CT molecular complexity index is 1320. The van der Waals surface area contributed by atoms with Gasteiger partial charge in [0.05, 0.1) is 12.0 Å². The maximum absolute atomic E-state index is 13.4. The van der Waals surface area contributed by atoms with Crippen LogP contribution in [0, 0.1) is 5.92 Å². The summed E-state index contributed by atoms with van der Waals surface area (Å²) in [7, 11) is 0. The van der Waals surface area contributed by atoms with E-state index >= 15 is 0 Å². The number of aromatic nitrogens is 2. The van der Waals surface area contributed by atoms with Crippen molar-refractivity contribution in [2.75, 3.05) is 6.54 Å². The van der Waals surface area contributed by atoms with E-state index in [1.54, 1.807) is 6.20 Å². The molecule has 1 aromatic carbocycles. The normalized spacial score (nSPS) is 30.9. The van der Waals surface area contributed by atoms with Crippen LogP contribution in [0.25, 0.3) is 0 Å². The summed E-state index contributed by atoms with van der Waals surface area (Å²) >= 11 is 0. The Morgan fingerprint density at radius 3 is 2.77 bits per heavy atom. The summed E-state index contributed by atoms with van der Waals surface area (Å²) in [5.41, 5.74) is 0.465. The molecule has 0 radical (unpaired) electrons. The first kappa shape index (κ1) is 22.1. The number of para-hydroxylation sites is 1. The fourth-order valence-corrected chi connectivity index (χ4v) is 5.32. The molecular formula is C26H27N3O6. The molecule has 3 unspecified atom stereocenters. The number of allylic oxidation sites excluding steroid dienone is 2. The number of hydrogen-bond donors (Lipinski definition) is 3. The van der Waals surface area contributed by atoms with Gasteiger partial charge in [0.2, 0.25) is 5.91 Å². The number of nitrogens with zero attached hydrogens (tertiary/aromatic N) is 1. The van der Waals surface area contributed by atoms with E-state index in [0.29, 0.717) is 11.3 Å². The van der Waals surface area contributed by atoms with Gasteiger partial charge in [-0.3, -0.25) is 19.1 Å². The van der Waals surface area contributed by atoms with Crippen molar-refractivity contribution in [3.8, 4) is 5.75 Å². The van der Waals surface area contributed by atoms with E-state index in [0.717, 1.165) is 18.4 Å². The summed E-state index contributed by atoms with van der Waals surface area (Å²) in [5, 5.41) is 13.6. The van der Waals surface area contributed by atoms with Gasteiger partial charge in [0.25, 0.3) is 5.56 Å². The highest BCUT2D eigenvalue weighted by molar-refractivity contribution is 5.85. The molecule has 6 rings (SSSR count). The van der Waals surface area contributed by atoms with E-state index in [1.807, 2.05) is 48.6 Å². The Hall–Kier alpha value is -3.43. The van der Waals surface area contributed by atoms with Crippen LogP contribution in [0.1, 0.15) is 48.5 Å². The van der Waals surface area contributed by atoms with Crippen molar-refractivity contribution in [1.29, 1.82) is 0 Å². The van der Waals surface area contributed by atoms with E-state index in [-0.39, 0.29) is 42.4 Å². The van der Waals surface area contributed by atoms with Gasteiger partial charge in [-0.1, -0.05) is 36.4 Å². The highest BCUT2D eigenvalue weighted by Gasteiger charge is 2.42. The molecule has 2 aliphatic heterocycles. The fourth-order valence-electron chi connectivity index (χ4n) is 5.32. The van der Waals surface area contributed by atoms with E-state index in [4.69, 9.17) is 9.47 Å². The third kappa shape index (κ3) is 4.04. The van der Waals surface area contributed by atoms with Crippen LogP contribution in [0.4, 0.5) is 0 Å². The van der Waals surface area contributed by atoms with Gasteiger partial charge in [0, 0.05) is 36.2 Å². The van der Waals surface area contributed by atoms with E-state index < -0.39 is 30.0 Å². The smallest absolute Gasteiger partial charge is 0.330 e. The van der Waals surface area contributed by atoms with E-state index in [9.17, 15) is 19.5 Å². The molecule has 0 spiro atoms. The van der Waals surface area contributed by atoms with Crippen LogP contribution in [0.2, 0.25) is 0 Å². The quantitative estimate of drug-likeness (QED) is 0.599. The van der Waals surface area contributed by atoms with Crippen LogP contribution >= 0.6 is 0 Å². The summed E-state index contributed by atoms with van der Waals surface area (Å²) in [6.07, 6.45) is 8.88. The molecule has 2 aromatic rings. The number of H-pyrrole nitrogens is 1. The number of amides is 1. The molecule has 4 aliphatic rings. The molecule has 1 amide bonds. The molecule has 182 valence electrons. The maximum Gasteiger partial charge on any atom is 0.330 e. The van der Waals surface area contributed by atoms with Crippen molar-refractivity contribution in [2.45, 2.75) is 55.6 Å². The van der Waals surface area contributed by atoms with Crippen LogP contribution in [0.5, 0.6) is 5.75 Å². The largest absolute Gasteiger partial charge is 0.485 e. The van der Waals surface area contributed by atoms with Crippen molar-refractivity contribution in [1.82, 2.24) is 14.9 Å². The number of carbonyl (C=O) groups is 1. The third-order valence-corrected chi connectivity index (χ3v) is 7.31. The highest BCUT2D eigenvalue weighted by Crippen LogP contribution is 2.42. The van der Waals surface area contributed by atoms with Gasteiger partial charge in [-0.05, 0) is 30.9 Å². The van der Waals surface area contributed by atoms with Crippen molar-refractivity contribution in [2.24, 2.45) is 5.92 Å².